The first-order valence-corrected chi connectivity index (χ1v) is 9.84. The molecule has 0 aliphatic carbocycles. The van der Waals surface area contributed by atoms with Gasteiger partial charge in [-0.05, 0) is 36.8 Å². The fraction of sp³-hybridized carbons (Fsp3) is 0.118. The van der Waals surface area contributed by atoms with Gasteiger partial charge in [-0.25, -0.2) is 4.68 Å². The number of nitro groups is 1. The summed E-state index contributed by atoms with van der Waals surface area (Å²) in [5.41, 5.74) is 1.59. The lowest BCUT2D eigenvalue weighted by Gasteiger charge is -2.08. The first-order valence-electron chi connectivity index (χ1n) is 8.10. The molecule has 1 heterocycles. The Labute approximate surface area is 179 Å². The van der Waals surface area contributed by atoms with Gasteiger partial charge in [-0.2, -0.15) is 0 Å². The number of aryl methyl sites for hydroxylation is 1. The molecule has 0 aliphatic heterocycles. The lowest BCUT2D eigenvalue weighted by atomic mass is 10.2. The number of carbonyl (C=O) groups is 1. The van der Waals surface area contributed by atoms with Crippen molar-refractivity contribution in [2.24, 2.45) is 0 Å². The van der Waals surface area contributed by atoms with Crippen LogP contribution in [-0.4, -0.2) is 31.5 Å². The summed E-state index contributed by atoms with van der Waals surface area (Å²) in [6.07, 6.45) is 0. The number of nitrogen functional groups attached to an aromatic ring is 1. The van der Waals surface area contributed by atoms with E-state index in [2.05, 4.69) is 15.5 Å². The minimum Gasteiger partial charge on any atom is -0.335 e. The zero-order valence-electron chi connectivity index (χ0n) is 14.9. The highest BCUT2D eigenvalue weighted by molar-refractivity contribution is 7.99. The predicted molar refractivity (Wildman–Crippen MR) is 113 cm³/mol. The summed E-state index contributed by atoms with van der Waals surface area (Å²) in [7, 11) is 0. The molecule has 12 heteroatoms. The van der Waals surface area contributed by atoms with E-state index >= 15 is 0 Å². The lowest BCUT2D eigenvalue weighted by molar-refractivity contribution is -0.384. The molecule has 9 nitrogen and oxygen atoms in total. The monoisotopic (exact) mass is 452 g/mol. The average Bonchev–Trinajstić information content (AvgIpc) is 3.02. The molecule has 3 N–H and O–H groups in total. The van der Waals surface area contributed by atoms with Crippen LogP contribution in [0.1, 0.15) is 5.56 Å². The van der Waals surface area contributed by atoms with Gasteiger partial charge in [-0.3, -0.25) is 14.9 Å². The normalized spacial score (nSPS) is 10.7. The van der Waals surface area contributed by atoms with Crippen molar-refractivity contribution in [1.82, 2.24) is 14.9 Å². The third-order valence-electron chi connectivity index (χ3n) is 3.86. The Kier molecular flexibility index (Phi) is 6.26. The van der Waals surface area contributed by atoms with E-state index in [-0.39, 0.29) is 17.3 Å². The number of hydrogen-bond donors (Lipinski definition) is 2. The zero-order chi connectivity index (χ0) is 21.1. The van der Waals surface area contributed by atoms with Crippen LogP contribution in [-0.2, 0) is 4.79 Å². The Bertz CT molecular complexity index is 1100. The molecule has 0 unspecified atom stereocenters. The highest BCUT2D eigenvalue weighted by atomic mass is 35.5. The number of nitrogens with zero attached hydrogens (tertiary/aromatic N) is 4. The molecule has 1 aromatic heterocycles. The quantitative estimate of drug-likeness (QED) is 0.251. The molecule has 1 amide bonds. The number of nitro benzene ring substituents is 1. The van der Waals surface area contributed by atoms with Gasteiger partial charge in [0.25, 0.3) is 5.69 Å². The minimum atomic E-state index is -0.493. The number of nitrogens with one attached hydrogen (secondary N) is 1. The molecule has 0 fully saturated rings. The summed E-state index contributed by atoms with van der Waals surface area (Å²) in [6, 6.07) is 9.11. The number of hydrogen-bond acceptors (Lipinski definition) is 7. The topological polar surface area (TPSA) is 129 Å². The van der Waals surface area contributed by atoms with Crippen LogP contribution in [0.3, 0.4) is 0 Å². The molecule has 0 bridgehead atoms. The largest absolute Gasteiger partial charge is 0.335 e. The lowest BCUT2D eigenvalue weighted by Crippen LogP contribution is -2.17. The predicted octanol–water partition coefficient (Wildman–Crippen LogP) is 3.91. The number of anilines is 1. The van der Waals surface area contributed by atoms with E-state index in [0.717, 1.165) is 11.8 Å². The maximum Gasteiger partial charge on any atom is 0.269 e. The van der Waals surface area contributed by atoms with Gasteiger partial charge in [0.05, 0.1) is 15.7 Å². The van der Waals surface area contributed by atoms with Crippen molar-refractivity contribution < 1.29 is 9.72 Å². The van der Waals surface area contributed by atoms with Crippen molar-refractivity contribution in [2.75, 3.05) is 16.9 Å². The number of aromatic nitrogens is 3. The highest BCUT2D eigenvalue weighted by Crippen LogP contribution is 2.30. The first kappa shape index (κ1) is 20.9. The molecule has 3 aromatic rings. The van der Waals surface area contributed by atoms with Crippen LogP contribution in [0.5, 0.6) is 0 Å². The van der Waals surface area contributed by atoms with E-state index < -0.39 is 4.92 Å². The van der Waals surface area contributed by atoms with E-state index in [4.69, 9.17) is 29.0 Å². The SMILES string of the molecule is Cc1cc([N+](=O)[O-])ccc1NC(=O)CSc1nnc(-c2ccc(Cl)cc2Cl)n1N. The number of carbonyl (C=O) groups excluding carboxylic acids is 1. The fourth-order valence-corrected chi connectivity index (χ4v) is 3.60. The van der Waals surface area contributed by atoms with Gasteiger partial charge in [-0.1, -0.05) is 35.0 Å². The Morgan fingerprint density at radius 3 is 2.69 bits per heavy atom. The van der Waals surface area contributed by atoms with Crippen molar-refractivity contribution in [1.29, 1.82) is 0 Å². The number of non-ortho nitro benzene ring substituents is 1. The molecule has 0 saturated heterocycles. The minimum absolute atomic E-state index is 0.0140. The van der Waals surface area contributed by atoms with Gasteiger partial charge >= 0.3 is 0 Å². The second-order valence-corrected chi connectivity index (χ2v) is 7.68. The second kappa shape index (κ2) is 8.68. The van der Waals surface area contributed by atoms with Crippen LogP contribution in [0, 0.1) is 17.0 Å². The maximum atomic E-state index is 12.2. The molecular formula is C17H14Cl2N6O3S. The number of thioether (sulfide) groups is 1. The van der Waals surface area contributed by atoms with Crippen LogP contribution in [0.25, 0.3) is 11.4 Å². The smallest absolute Gasteiger partial charge is 0.269 e. The maximum absolute atomic E-state index is 12.2. The van der Waals surface area contributed by atoms with E-state index in [1.165, 1.54) is 22.9 Å². The fourth-order valence-electron chi connectivity index (χ4n) is 2.45. The number of nitrogens with two attached hydrogens (primary N) is 1. The molecular weight excluding hydrogens is 439 g/mol. The molecule has 0 radical (unpaired) electrons. The first-order chi connectivity index (χ1) is 13.8. The van der Waals surface area contributed by atoms with Gasteiger partial charge in [0.1, 0.15) is 0 Å². The van der Waals surface area contributed by atoms with Crippen molar-refractivity contribution in [3.05, 3.63) is 62.1 Å². The van der Waals surface area contributed by atoms with Gasteiger partial charge < -0.3 is 11.2 Å². The second-order valence-electron chi connectivity index (χ2n) is 5.89. The van der Waals surface area contributed by atoms with Crippen LogP contribution >= 0.6 is 35.0 Å². The molecule has 0 saturated carbocycles. The molecule has 3 rings (SSSR count). The summed E-state index contributed by atoms with van der Waals surface area (Å²) in [6.45, 7) is 1.68. The van der Waals surface area contributed by atoms with Gasteiger partial charge in [-0.15, -0.1) is 10.2 Å². The third kappa shape index (κ3) is 4.78. The Balaban J connectivity index is 1.67. The number of rotatable bonds is 6. The van der Waals surface area contributed by atoms with Crippen LogP contribution in [0.4, 0.5) is 11.4 Å². The molecule has 29 heavy (non-hydrogen) atoms. The Morgan fingerprint density at radius 2 is 2.03 bits per heavy atom. The molecule has 0 atom stereocenters. The standard InChI is InChI=1S/C17H14Cl2N6O3S/c1-9-6-11(25(27)28)3-5-14(9)21-15(26)8-29-17-23-22-16(24(17)20)12-4-2-10(18)7-13(12)19/h2-7H,8,20H2,1H3,(H,21,26). The van der Waals surface area contributed by atoms with Crippen molar-refractivity contribution in [3.8, 4) is 11.4 Å². The summed E-state index contributed by atoms with van der Waals surface area (Å²) in [5.74, 6) is 6.06. The van der Waals surface area contributed by atoms with Crippen molar-refractivity contribution in [2.45, 2.75) is 12.1 Å². The number of amides is 1. The highest BCUT2D eigenvalue weighted by Gasteiger charge is 2.17. The average molecular weight is 453 g/mol. The summed E-state index contributed by atoms with van der Waals surface area (Å²) in [4.78, 5) is 22.5. The Hall–Kier alpha value is -2.82. The number of halogens is 2. The summed E-state index contributed by atoms with van der Waals surface area (Å²) >= 11 is 13.2. The van der Waals surface area contributed by atoms with Crippen LogP contribution in [0.2, 0.25) is 10.0 Å². The zero-order valence-corrected chi connectivity index (χ0v) is 17.3. The molecule has 0 spiro atoms. The van der Waals surface area contributed by atoms with Crippen LogP contribution < -0.4 is 11.2 Å². The van der Waals surface area contributed by atoms with E-state index in [1.807, 2.05) is 0 Å². The van der Waals surface area contributed by atoms with E-state index in [0.29, 0.717) is 37.8 Å². The van der Waals surface area contributed by atoms with Crippen molar-refractivity contribution >= 4 is 52.2 Å². The van der Waals surface area contributed by atoms with Crippen LogP contribution in [0.15, 0.2) is 41.6 Å². The Morgan fingerprint density at radius 1 is 1.28 bits per heavy atom. The van der Waals surface area contributed by atoms with Gasteiger partial charge in [0.2, 0.25) is 11.1 Å². The molecule has 0 aliphatic rings. The third-order valence-corrected chi connectivity index (χ3v) is 5.35. The van der Waals surface area contributed by atoms with Gasteiger partial charge in [0.15, 0.2) is 5.82 Å². The number of benzene rings is 2. The summed E-state index contributed by atoms with van der Waals surface area (Å²) < 4.78 is 1.24. The molecule has 2 aromatic carbocycles. The molecule has 150 valence electrons. The summed E-state index contributed by atoms with van der Waals surface area (Å²) in [5, 5.41) is 22.7. The van der Waals surface area contributed by atoms with Gasteiger partial charge in [0, 0.05) is 28.4 Å². The van der Waals surface area contributed by atoms with E-state index in [1.54, 1.807) is 25.1 Å². The van der Waals surface area contributed by atoms with Crippen molar-refractivity contribution in [3.63, 3.8) is 0 Å². The van der Waals surface area contributed by atoms with E-state index in [9.17, 15) is 14.9 Å².